The molecular weight excluding hydrogens is 284 g/mol. The second kappa shape index (κ2) is 6.55. The fourth-order valence-corrected chi connectivity index (χ4v) is 2.49. The van der Waals surface area contributed by atoms with Gasteiger partial charge in [-0.3, -0.25) is 14.4 Å². The lowest BCUT2D eigenvalue weighted by atomic mass is 10.1. The molecule has 3 amide bonds. The average molecular weight is 304 g/mol. The van der Waals surface area contributed by atoms with Gasteiger partial charge in [-0.25, -0.2) is 4.98 Å². The van der Waals surface area contributed by atoms with Crippen molar-refractivity contribution in [2.75, 3.05) is 26.2 Å². The maximum Gasteiger partial charge on any atom is 0.272 e. The van der Waals surface area contributed by atoms with Gasteiger partial charge in [-0.05, 0) is 19.1 Å². The summed E-state index contributed by atoms with van der Waals surface area (Å²) >= 11 is 0. The Morgan fingerprint density at radius 3 is 2.41 bits per heavy atom. The first-order chi connectivity index (χ1) is 10.4. The van der Waals surface area contributed by atoms with Crippen LogP contribution in [0, 0.1) is 12.8 Å². The SMILES string of the molecule is CC(=O)N1CCN(C(=O)c2cccc(C)n2)C[C@@H](C(N)=O)C1. The summed E-state index contributed by atoms with van der Waals surface area (Å²) in [4.78, 5) is 43.0. The molecule has 2 N–H and O–H groups in total. The molecule has 0 aromatic carbocycles. The van der Waals surface area contributed by atoms with Crippen LogP contribution < -0.4 is 5.73 Å². The number of hydrogen-bond donors (Lipinski definition) is 1. The molecular formula is C15H20N4O3. The monoisotopic (exact) mass is 304 g/mol. The number of nitrogens with zero attached hydrogens (tertiary/aromatic N) is 3. The van der Waals surface area contributed by atoms with E-state index in [0.717, 1.165) is 5.69 Å². The Labute approximate surface area is 129 Å². The van der Waals surface area contributed by atoms with Crippen molar-refractivity contribution < 1.29 is 14.4 Å². The summed E-state index contributed by atoms with van der Waals surface area (Å²) in [6, 6.07) is 5.21. The zero-order chi connectivity index (χ0) is 16.3. The summed E-state index contributed by atoms with van der Waals surface area (Å²) in [6.45, 7) is 4.44. The van der Waals surface area contributed by atoms with Gasteiger partial charge in [-0.1, -0.05) is 6.07 Å². The van der Waals surface area contributed by atoms with E-state index in [9.17, 15) is 14.4 Å². The number of aromatic nitrogens is 1. The van der Waals surface area contributed by atoms with Crippen LogP contribution in [0.5, 0.6) is 0 Å². The molecule has 1 fully saturated rings. The third kappa shape index (κ3) is 3.60. The molecule has 7 nitrogen and oxygen atoms in total. The van der Waals surface area contributed by atoms with Gasteiger partial charge in [0.2, 0.25) is 11.8 Å². The second-order valence-electron chi connectivity index (χ2n) is 5.48. The Bertz CT molecular complexity index is 602. The number of amides is 3. The normalized spacial score (nSPS) is 18.7. The van der Waals surface area contributed by atoms with Gasteiger partial charge in [0.25, 0.3) is 5.91 Å². The summed E-state index contributed by atoms with van der Waals surface area (Å²) in [5.74, 6) is -1.46. The summed E-state index contributed by atoms with van der Waals surface area (Å²) < 4.78 is 0. The Balaban J connectivity index is 2.21. The van der Waals surface area contributed by atoms with E-state index in [-0.39, 0.29) is 24.9 Å². The zero-order valence-corrected chi connectivity index (χ0v) is 12.8. The quantitative estimate of drug-likeness (QED) is 0.818. The molecule has 1 aliphatic rings. The molecule has 2 rings (SSSR count). The number of rotatable bonds is 2. The predicted molar refractivity (Wildman–Crippen MR) is 79.8 cm³/mol. The lowest BCUT2D eigenvalue weighted by molar-refractivity contribution is -0.130. The van der Waals surface area contributed by atoms with Crippen LogP contribution in [0.4, 0.5) is 0 Å². The van der Waals surface area contributed by atoms with Crippen molar-refractivity contribution in [2.24, 2.45) is 11.7 Å². The van der Waals surface area contributed by atoms with Gasteiger partial charge in [-0.15, -0.1) is 0 Å². The van der Waals surface area contributed by atoms with Crippen LogP contribution in [0.3, 0.4) is 0 Å². The standard InChI is InChI=1S/C15H20N4O3/c1-10-4-3-5-13(17-10)15(22)19-7-6-18(11(2)20)8-12(9-19)14(16)21/h3-5,12H,6-9H2,1-2H3,(H2,16,21)/t12-/m0/s1. The van der Waals surface area contributed by atoms with E-state index in [1.807, 2.05) is 13.0 Å². The van der Waals surface area contributed by atoms with Crippen LogP contribution in [-0.4, -0.2) is 58.7 Å². The maximum atomic E-state index is 12.6. The fourth-order valence-electron chi connectivity index (χ4n) is 2.49. The van der Waals surface area contributed by atoms with E-state index in [1.54, 1.807) is 21.9 Å². The molecule has 0 aliphatic carbocycles. The van der Waals surface area contributed by atoms with Gasteiger partial charge >= 0.3 is 0 Å². The van der Waals surface area contributed by atoms with E-state index in [4.69, 9.17) is 5.73 Å². The van der Waals surface area contributed by atoms with Gasteiger partial charge in [0.15, 0.2) is 0 Å². The van der Waals surface area contributed by atoms with Crippen LogP contribution in [-0.2, 0) is 9.59 Å². The molecule has 2 heterocycles. The number of pyridine rings is 1. The topological polar surface area (TPSA) is 96.6 Å². The highest BCUT2D eigenvalue weighted by molar-refractivity contribution is 5.93. The van der Waals surface area contributed by atoms with Crippen LogP contribution in [0.1, 0.15) is 23.1 Å². The summed E-state index contributed by atoms with van der Waals surface area (Å²) in [5.41, 5.74) is 6.47. The average Bonchev–Trinajstić information content (AvgIpc) is 2.69. The molecule has 1 aliphatic heterocycles. The Morgan fingerprint density at radius 1 is 1.18 bits per heavy atom. The minimum Gasteiger partial charge on any atom is -0.369 e. The molecule has 0 spiro atoms. The highest BCUT2D eigenvalue weighted by Gasteiger charge is 2.30. The maximum absolute atomic E-state index is 12.6. The predicted octanol–water partition coefficient (Wildman–Crippen LogP) is -0.204. The van der Waals surface area contributed by atoms with Crippen LogP contribution in [0.25, 0.3) is 0 Å². The lowest BCUT2D eigenvalue weighted by Crippen LogP contribution is -2.41. The number of nitrogens with two attached hydrogens (primary N) is 1. The Morgan fingerprint density at radius 2 is 1.82 bits per heavy atom. The molecule has 0 bridgehead atoms. The second-order valence-corrected chi connectivity index (χ2v) is 5.48. The molecule has 0 saturated carbocycles. The first-order valence-corrected chi connectivity index (χ1v) is 7.16. The van der Waals surface area contributed by atoms with Crippen molar-refractivity contribution in [3.63, 3.8) is 0 Å². The first-order valence-electron chi connectivity index (χ1n) is 7.16. The number of primary amides is 1. The number of carbonyl (C=O) groups is 3. The van der Waals surface area contributed by atoms with Crippen LogP contribution in [0.2, 0.25) is 0 Å². The Kier molecular flexibility index (Phi) is 4.75. The minimum absolute atomic E-state index is 0.130. The molecule has 118 valence electrons. The van der Waals surface area contributed by atoms with Gasteiger partial charge in [0, 0.05) is 38.8 Å². The molecule has 1 saturated heterocycles. The van der Waals surface area contributed by atoms with Crippen molar-refractivity contribution in [2.45, 2.75) is 13.8 Å². The fraction of sp³-hybridized carbons (Fsp3) is 0.467. The smallest absolute Gasteiger partial charge is 0.272 e. The number of hydrogen-bond acceptors (Lipinski definition) is 4. The largest absolute Gasteiger partial charge is 0.369 e. The summed E-state index contributed by atoms with van der Waals surface area (Å²) in [6.07, 6.45) is 0. The third-order valence-electron chi connectivity index (χ3n) is 3.76. The highest BCUT2D eigenvalue weighted by atomic mass is 16.2. The van der Waals surface area contributed by atoms with E-state index in [0.29, 0.717) is 18.8 Å². The number of aryl methyl sites for hydroxylation is 1. The zero-order valence-electron chi connectivity index (χ0n) is 12.8. The molecule has 1 atom stereocenters. The van der Waals surface area contributed by atoms with Gasteiger partial charge < -0.3 is 15.5 Å². The van der Waals surface area contributed by atoms with Crippen LogP contribution >= 0.6 is 0 Å². The molecule has 1 aromatic rings. The van der Waals surface area contributed by atoms with Crippen molar-refractivity contribution >= 4 is 17.7 Å². The number of carbonyl (C=O) groups excluding carboxylic acids is 3. The minimum atomic E-state index is -0.569. The Hall–Kier alpha value is -2.44. The van der Waals surface area contributed by atoms with Crippen molar-refractivity contribution in [1.82, 2.24) is 14.8 Å². The summed E-state index contributed by atoms with van der Waals surface area (Å²) in [7, 11) is 0. The van der Waals surface area contributed by atoms with Crippen LogP contribution in [0.15, 0.2) is 18.2 Å². The molecule has 1 aromatic heterocycles. The molecule has 0 unspecified atom stereocenters. The van der Waals surface area contributed by atoms with E-state index < -0.39 is 11.8 Å². The molecule has 22 heavy (non-hydrogen) atoms. The van der Waals surface area contributed by atoms with Gasteiger partial charge in [0.1, 0.15) is 5.69 Å². The highest BCUT2D eigenvalue weighted by Crippen LogP contribution is 2.13. The van der Waals surface area contributed by atoms with Gasteiger partial charge in [0.05, 0.1) is 5.92 Å². The van der Waals surface area contributed by atoms with Crippen molar-refractivity contribution in [3.05, 3.63) is 29.6 Å². The van der Waals surface area contributed by atoms with Crippen molar-refractivity contribution in [1.29, 1.82) is 0 Å². The molecule has 0 radical (unpaired) electrons. The van der Waals surface area contributed by atoms with E-state index >= 15 is 0 Å². The first kappa shape index (κ1) is 15.9. The van der Waals surface area contributed by atoms with Crippen molar-refractivity contribution in [3.8, 4) is 0 Å². The third-order valence-corrected chi connectivity index (χ3v) is 3.76. The van der Waals surface area contributed by atoms with E-state index in [1.165, 1.54) is 6.92 Å². The molecule has 7 heteroatoms. The van der Waals surface area contributed by atoms with Gasteiger partial charge in [-0.2, -0.15) is 0 Å². The lowest BCUT2D eigenvalue weighted by Gasteiger charge is -2.22. The summed E-state index contributed by atoms with van der Waals surface area (Å²) in [5, 5.41) is 0. The van der Waals surface area contributed by atoms with E-state index in [2.05, 4.69) is 4.98 Å².